The zero-order valence-electron chi connectivity index (χ0n) is 11.5. The molecule has 0 bridgehead atoms. The van der Waals surface area contributed by atoms with Gasteiger partial charge in [0.2, 0.25) is 5.91 Å². The van der Waals surface area contributed by atoms with Crippen LogP contribution in [0.25, 0.3) is 0 Å². The zero-order chi connectivity index (χ0) is 14.5. The second kappa shape index (κ2) is 6.52. The summed E-state index contributed by atoms with van der Waals surface area (Å²) in [5.74, 6) is 1.41. The number of carbonyl (C=O) groups is 2. The van der Waals surface area contributed by atoms with Gasteiger partial charge >= 0.3 is 0 Å². The molecular formula is C15H17NO3S. The summed E-state index contributed by atoms with van der Waals surface area (Å²) in [4.78, 5) is 24.3. The van der Waals surface area contributed by atoms with Gasteiger partial charge in [-0.15, -0.1) is 11.3 Å². The van der Waals surface area contributed by atoms with Crippen molar-refractivity contribution in [1.29, 1.82) is 0 Å². The summed E-state index contributed by atoms with van der Waals surface area (Å²) in [6.07, 6.45) is 0.428. The van der Waals surface area contributed by atoms with E-state index in [2.05, 4.69) is 5.32 Å². The molecule has 0 aliphatic heterocycles. The molecule has 1 amide bonds. The second-order valence-electron chi connectivity index (χ2n) is 4.64. The first kappa shape index (κ1) is 14.5. The van der Waals surface area contributed by atoms with Gasteiger partial charge in [0.05, 0.1) is 10.9 Å². The Bertz CT molecular complexity index is 586. The maximum absolute atomic E-state index is 11.8. The number of aryl methyl sites for hydroxylation is 1. The fourth-order valence-corrected chi connectivity index (χ4v) is 2.55. The number of hydrogen-bond donors (Lipinski definition) is 1. The number of nitrogens with one attached hydrogen (secondary N) is 1. The maximum atomic E-state index is 11.8. The Morgan fingerprint density at radius 2 is 2.10 bits per heavy atom. The normalized spacial score (nSPS) is 12.1. The molecule has 0 spiro atoms. The molecule has 0 saturated carbocycles. The highest BCUT2D eigenvalue weighted by atomic mass is 32.1. The molecule has 0 radical (unpaired) electrons. The molecule has 106 valence electrons. The van der Waals surface area contributed by atoms with Crippen LogP contribution in [0.3, 0.4) is 0 Å². The number of amides is 1. The van der Waals surface area contributed by atoms with E-state index in [4.69, 9.17) is 4.42 Å². The molecule has 20 heavy (non-hydrogen) atoms. The first-order chi connectivity index (χ1) is 9.56. The van der Waals surface area contributed by atoms with Gasteiger partial charge in [-0.2, -0.15) is 0 Å². The van der Waals surface area contributed by atoms with Gasteiger partial charge in [0, 0.05) is 12.8 Å². The molecule has 2 heterocycles. The minimum atomic E-state index is -0.187. The number of thiophene rings is 1. The number of furan rings is 1. The molecule has 0 aliphatic rings. The van der Waals surface area contributed by atoms with Crippen LogP contribution >= 0.6 is 11.3 Å². The average molecular weight is 291 g/mol. The maximum Gasteiger partial charge on any atom is 0.221 e. The molecule has 1 N–H and O–H groups in total. The Kier molecular flexibility index (Phi) is 4.74. The van der Waals surface area contributed by atoms with E-state index >= 15 is 0 Å². The largest absolute Gasteiger partial charge is 0.464 e. The summed E-state index contributed by atoms with van der Waals surface area (Å²) in [7, 11) is 0. The smallest absolute Gasteiger partial charge is 0.221 e. The lowest BCUT2D eigenvalue weighted by Crippen LogP contribution is -2.26. The van der Waals surface area contributed by atoms with Crippen molar-refractivity contribution in [3.05, 3.63) is 46.0 Å². The summed E-state index contributed by atoms with van der Waals surface area (Å²) in [6, 6.07) is 7.13. The zero-order valence-corrected chi connectivity index (χ0v) is 12.3. The predicted octanol–water partition coefficient (Wildman–Crippen LogP) is 3.49. The number of Topliss-reactive ketones (excluding diaryl/α,β-unsaturated/α-hetero) is 1. The van der Waals surface area contributed by atoms with Crippen LogP contribution in [0.1, 0.15) is 47.0 Å². The first-order valence-electron chi connectivity index (χ1n) is 6.48. The van der Waals surface area contributed by atoms with Crippen molar-refractivity contribution in [2.75, 3.05) is 0 Å². The van der Waals surface area contributed by atoms with Crippen molar-refractivity contribution in [2.24, 2.45) is 0 Å². The summed E-state index contributed by atoms with van der Waals surface area (Å²) >= 11 is 1.40. The molecule has 4 nitrogen and oxygen atoms in total. The molecule has 0 saturated heterocycles. The summed E-state index contributed by atoms with van der Waals surface area (Å²) in [6.45, 7) is 3.72. The van der Waals surface area contributed by atoms with Gasteiger partial charge in [-0.25, -0.2) is 0 Å². The van der Waals surface area contributed by atoms with E-state index < -0.39 is 0 Å². The van der Waals surface area contributed by atoms with Crippen molar-refractivity contribution in [1.82, 2.24) is 5.32 Å². The number of ketones is 1. The van der Waals surface area contributed by atoms with E-state index in [0.717, 1.165) is 11.5 Å². The minimum absolute atomic E-state index is 0.0108. The fourth-order valence-electron chi connectivity index (χ4n) is 1.86. The highest BCUT2D eigenvalue weighted by Gasteiger charge is 2.14. The van der Waals surface area contributed by atoms with E-state index in [1.165, 1.54) is 11.3 Å². The Hall–Kier alpha value is -1.88. The molecule has 1 atom stereocenters. The number of carbonyl (C=O) groups excluding carboxylic acids is 2. The van der Waals surface area contributed by atoms with E-state index in [0.29, 0.717) is 4.88 Å². The van der Waals surface area contributed by atoms with Crippen LogP contribution in [-0.2, 0) is 4.79 Å². The third-order valence-electron chi connectivity index (χ3n) is 2.94. The second-order valence-corrected chi connectivity index (χ2v) is 5.59. The monoisotopic (exact) mass is 291 g/mol. The van der Waals surface area contributed by atoms with Gasteiger partial charge in [0.15, 0.2) is 5.78 Å². The Labute approximate surface area is 121 Å². The number of hydrogen-bond acceptors (Lipinski definition) is 4. The van der Waals surface area contributed by atoms with Gasteiger partial charge in [-0.1, -0.05) is 6.07 Å². The first-order valence-corrected chi connectivity index (χ1v) is 7.36. The number of rotatable bonds is 6. The van der Waals surface area contributed by atoms with Crippen LogP contribution < -0.4 is 5.32 Å². The van der Waals surface area contributed by atoms with Crippen LogP contribution in [0.15, 0.2) is 34.1 Å². The van der Waals surface area contributed by atoms with Gasteiger partial charge < -0.3 is 9.73 Å². The van der Waals surface area contributed by atoms with Crippen molar-refractivity contribution < 1.29 is 14.0 Å². The van der Waals surface area contributed by atoms with Crippen LogP contribution in [0, 0.1) is 6.92 Å². The molecule has 2 aromatic rings. The van der Waals surface area contributed by atoms with Crippen molar-refractivity contribution in [3.8, 4) is 0 Å². The molecule has 2 rings (SSSR count). The molecule has 0 unspecified atom stereocenters. The fraction of sp³-hybridized carbons (Fsp3) is 0.333. The molecule has 5 heteroatoms. The predicted molar refractivity (Wildman–Crippen MR) is 77.9 cm³/mol. The highest BCUT2D eigenvalue weighted by molar-refractivity contribution is 7.12. The van der Waals surface area contributed by atoms with Crippen LogP contribution in [0.4, 0.5) is 0 Å². The van der Waals surface area contributed by atoms with Crippen molar-refractivity contribution >= 4 is 23.0 Å². The van der Waals surface area contributed by atoms with Crippen LogP contribution in [0.5, 0.6) is 0 Å². The molecule has 0 fully saturated rings. The molecule has 2 aromatic heterocycles. The van der Waals surface area contributed by atoms with E-state index in [-0.39, 0.29) is 30.6 Å². The topological polar surface area (TPSA) is 59.3 Å². The Morgan fingerprint density at radius 3 is 2.70 bits per heavy atom. The van der Waals surface area contributed by atoms with E-state index in [9.17, 15) is 9.59 Å². The molecule has 0 aromatic carbocycles. The summed E-state index contributed by atoms with van der Waals surface area (Å²) in [5, 5.41) is 4.68. The van der Waals surface area contributed by atoms with E-state index in [1.807, 2.05) is 37.4 Å². The lowest BCUT2D eigenvalue weighted by Gasteiger charge is -2.11. The lowest BCUT2D eigenvalue weighted by atomic mass is 10.1. The minimum Gasteiger partial charge on any atom is -0.464 e. The molecular weight excluding hydrogens is 274 g/mol. The van der Waals surface area contributed by atoms with Gasteiger partial charge in [-0.3, -0.25) is 9.59 Å². The van der Waals surface area contributed by atoms with Gasteiger partial charge in [0.25, 0.3) is 0 Å². The summed E-state index contributed by atoms with van der Waals surface area (Å²) < 4.78 is 5.45. The Balaban J connectivity index is 1.79. The summed E-state index contributed by atoms with van der Waals surface area (Å²) in [5.41, 5.74) is 0. The lowest BCUT2D eigenvalue weighted by molar-refractivity contribution is -0.121. The van der Waals surface area contributed by atoms with Crippen molar-refractivity contribution in [2.45, 2.75) is 32.7 Å². The van der Waals surface area contributed by atoms with Crippen LogP contribution in [-0.4, -0.2) is 11.7 Å². The third kappa shape index (κ3) is 3.81. The Morgan fingerprint density at radius 1 is 1.30 bits per heavy atom. The van der Waals surface area contributed by atoms with Crippen molar-refractivity contribution in [3.63, 3.8) is 0 Å². The van der Waals surface area contributed by atoms with Gasteiger partial charge in [0.1, 0.15) is 11.5 Å². The third-order valence-corrected chi connectivity index (χ3v) is 3.85. The van der Waals surface area contributed by atoms with E-state index in [1.54, 1.807) is 6.07 Å². The van der Waals surface area contributed by atoms with Crippen LogP contribution in [0.2, 0.25) is 0 Å². The SMILES string of the molecule is Cc1ccc([C@H](C)NC(=O)CCC(=O)c2cccs2)o1. The average Bonchev–Trinajstić information content (AvgIpc) is 3.06. The van der Waals surface area contributed by atoms with Gasteiger partial charge in [-0.05, 0) is 37.4 Å². The highest BCUT2D eigenvalue weighted by Crippen LogP contribution is 2.16. The molecule has 0 aliphatic carbocycles. The standard InChI is InChI=1S/C15H17NO3S/c1-10-5-7-13(19-10)11(2)16-15(18)8-6-12(17)14-4-3-9-20-14/h3-5,7,9,11H,6,8H2,1-2H3,(H,16,18)/t11-/m0/s1. The quantitative estimate of drug-likeness (QED) is 0.829.